The zero-order valence-corrected chi connectivity index (χ0v) is 18.3. The number of amides is 1. The van der Waals surface area contributed by atoms with Crippen LogP contribution in [-0.2, 0) is 22.2 Å². The second kappa shape index (κ2) is 8.25. The van der Waals surface area contributed by atoms with E-state index in [1.165, 1.54) is 0 Å². The molecule has 6 heteroatoms. The van der Waals surface area contributed by atoms with E-state index >= 15 is 0 Å². The molecule has 0 unspecified atom stereocenters. The molecule has 1 N–H and O–H groups in total. The fourth-order valence-electron chi connectivity index (χ4n) is 2.88. The Morgan fingerprint density at radius 3 is 2.29 bits per heavy atom. The monoisotopic (exact) mass is 387 g/mol. The summed E-state index contributed by atoms with van der Waals surface area (Å²) in [7, 11) is 3.25. The Morgan fingerprint density at radius 2 is 1.75 bits per heavy atom. The first-order chi connectivity index (χ1) is 13.0. The third-order valence-corrected chi connectivity index (χ3v) is 4.49. The number of anilines is 1. The van der Waals surface area contributed by atoms with Crippen molar-refractivity contribution in [1.29, 1.82) is 0 Å². The molecule has 0 radical (unpaired) electrons. The van der Waals surface area contributed by atoms with Crippen molar-refractivity contribution in [3.63, 3.8) is 0 Å². The maximum Gasteiger partial charge on any atom is 0.225 e. The number of nitrogens with zero attached hydrogens (tertiary/aromatic N) is 2. The van der Waals surface area contributed by atoms with E-state index < -0.39 is 0 Å². The van der Waals surface area contributed by atoms with Crippen molar-refractivity contribution >= 4 is 11.7 Å². The van der Waals surface area contributed by atoms with Gasteiger partial charge in [-0.2, -0.15) is 5.10 Å². The van der Waals surface area contributed by atoms with Gasteiger partial charge in [0.1, 0.15) is 17.3 Å². The van der Waals surface area contributed by atoms with Crippen LogP contribution in [0.2, 0.25) is 0 Å². The highest BCUT2D eigenvalue weighted by Crippen LogP contribution is 2.29. The van der Waals surface area contributed by atoms with Gasteiger partial charge < -0.3 is 14.8 Å². The fourth-order valence-corrected chi connectivity index (χ4v) is 2.88. The number of nitrogens with one attached hydrogen (secondary N) is 1. The lowest BCUT2D eigenvalue weighted by atomic mass is 9.92. The van der Waals surface area contributed by atoms with Crippen molar-refractivity contribution in [3.05, 3.63) is 35.5 Å². The van der Waals surface area contributed by atoms with Crippen molar-refractivity contribution in [1.82, 2.24) is 9.78 Å². The number of carbonyl (C=O) groups excluding carboxylic acids is 1. The number of ether oxygens (including phenoxy) is 2. The molecule has 0 bridgehead atoms. The van der Waals surface area contributed by atoms with Crippen LogP contribution in [-0.4, -0.2) is 29.9 Å². The fraction of sp³-hybridized carbons (Fsp3) is 0.545. The van der Waals surface area contributed by atoms with Crippen molar-refractivity contribution in [2.24, 2.45) is 0 Å². The molecule has 0 spiro atoms. The number of carbonyl (C=O) groups is 1. The van der Waals surface area contributed by atoms with Crippen LogP contribution in [0.5, 0.6) is 11.5 Å². The summed E-state index contributed by atoms with van der Waals surface area (Å²) >= 11 is 0. The minimum Gasteiger partial charge on any atom is -0.497 e. The molecule has 0 fully saturated rings. The molecule has 0 aliphatic heterocycles. The summed E-state index contributed by atoms with van der Waals surface area (Å²) in [5.74, 6) is 2.16. The summed E-state index contributed by atoms with van der Waals surface area (Å²) < 4.78 is 12.6. The smallest absolute Gasteiger partial charge is 0.225 e. The number of methoxy groups -OCH3 is 2. The van der Waals surface area contributed by atoms with E-state index in [1.54, 1.807) is 14.2 Å². The molecular formula is C22H33N3O3. The quantitative estimate of drug-likeness (QED) is 0.791. The number of hydrogen-bond donors (Lipinski definition) is 1. The molecule has 1 aromatic heterocycles. The Bertz CT molecular complexity index is 827. The van der Waals surface area contributed by atoms with Crippen LogP contribution in [0.1, 0.15) is 59.2 Å². The summed E-state index contributed by atoms with van der Waals surface area (Å²) in [4.78, 5) is 12.7. The van der Waals surface area contributed by atoms with Crippen molar-refractivity contribution in [2.45, 2.75) is 65.3 Å². The predicted octanol–water partition coefficient (Wildman–Crippen LogP) is 4.52. The van der Waals surface area contributed by atoms with Gasteiger partial charge >= 0.3 is 0 Å². The van der Waals surface area contributed by atoms with Crippen LogP contribution in [0.15, 0.2) is 24.3 Å². The zero-order chi connectivity index (χ0) is 21.1. The van der Waals surface area contributed by atoms with Crippen LogP contribution < -0.4 is 14.8 Å². The highest BCUT2D eigenvalue weighted by molar-refractivity contribution is 5.90. The van der Waals surface area contributed by atoms with Gasteiger partial charge in [0.15, 0.2) is 0 Å². The second-order valence-electron chi connectivity index (χ2n) is 8.97. The van der Waals surface area contributed by atoms with Crippen LogP contribution in [0.25, 0.3) is 0 Å². The Balaban J connectivity index is 2.17. The molecule has 0 aliphatic carbocycles. The third-order valence-electron chi connectivity index (χ3n) is 4.49. The highest BCUT2D eigenvalue weighted by atomic mass is 16.5. The number of aromatic nitrogens is 2. The van der Waals surface area contributed by atoms with E-state index in [1.807, 2.05) is 28.9 Å². The van der Waals surface area contributed by atoms with Gasteiger partial charge in [0, 0.05) is 17.9 Å². The third kappa shape index (κ3) is 5.27. The molecule has 1 aromatic carbocycles. The van der Waals surface area contributed by atoms with Crippen LogP contribution in [0.4, 0.5) is 5.82 Å². The van der Waals surface area contributed by atoms with E-state index in [0.29, 0.717) is 12.8 Å². The van der Waals surface area contributed by atoms with E-state index in [2.05, 4.69) is 46.9 Å². The van der Waals surface area contributed by atoms with Gasteiger partial charge in [-0.15, -0.1) is 0 Å². The molecule has 1 amide bonds. The minimum atomic E-state index is -0.234. The van der Waals surface area contributed by atoms with Crippen molar-refractivity contribution < 1.29 is 14.3 Å². The Hall–Kier alpha value is -2.50. The summed E-state index contributed by atoms with van der Waals surface area (Å²) in [5, 5.41) is 7.77. The molecule has 0 saturated carbocycles. The number of hydrogen-bond acceptors (Lipinski definition) is 4. The molecule has 1 heterocycles. The van der Waals surface area contributed by atoms with Gasteiger partial charge in [0.05, 0.1) is 25.5 Å². The molecule has 0 atom stereocenters. The van der Waals surface area contributed by atoms with Crippen LogP contribution >= 0.6 is 0 Å². The van der Waals surface area contributed by atoms with Crippen molar-refractivity contribution in [3.8, 4) is 11.5 Å². The van der Waals surface area contributed by atoms with Crippen LogP contribution in [0.3, 0.4) is 0 Å². The largest absolute Gasteiger partial charge is 0.497 e. The molecule has 0 aliphatic rings. The molecule has 154 valence electrons. The minimum absolute atomic E-state index is 0.0595. The Morgan fingerprint density at radius 1 is 1.07 bits per heavy atom. The molecular weight excluding hydrogens is 354 g/mol. The van der Waals surface area contributed by atoms with Gasteiger partial charge in [-0.05, 0) is 51.0 Å². The molecule has 28 heavy (non-hydrogen) atoms. The number of aryl methyl sites for hydroxylation is 1. The first-order valence-corrected chi connectivity index (χ1v) is 9.57. The first-order valence-electron chi connectivity index (χ1n) is 9.57. The molecule has 0 saturated heterocycles. The molecule has 2 aromatic rings. The number of benzene rings is 1. The van der Waals surface area contributed by atoms with E-state index in [-0.39, 0.29) is 16.9 Å². The first kappa shape index (κ1) is 21.8. The molecule has 2 rings (SSSR count). The Kier molecular flexibility index (Phi) is 6.42. The maximum absolute atomic E-state index is 12.7. The summed E-state index contributed by atoms with van der Waals surface area (Å²) in [6, 6.07) is 7.58. The summed E-state index contributed by atoms with van der Waals surface area (Å²) in [6.45, 7) is 12.6. The predicted molar refractivity (Wildman–Crippen MR) is 112 cm³/mol. The lowest BCUT2D eigenvalue weighted by Crippen LogP contribution is -2.27. The van der Waals surface area contributed by atoms with E-state index in [9.17, 15) is 4.79 Å². The second-order valence-corrected chi connectivity index (χ2v) is 8.97. The van der Waals surface area contributed by atoms with Crippen molar-refractivity contribution in [2.75, 3.05) is 19.5 Å². The lowest BCUT2D eigenvalue weighted by molar-refractivity contribution is -0.116. The normalized spacial score (nSPS) is 12.0. The molecule has 6 nitrogen and oxygen atoms in total. The van der Waals surface area contributed by atoms with Gasteiger partial charge in [-0.1, -0.05) is 20.8 Å². The van der Waals surface area contributed by atoms with E-state index in [0.717, 1.165) is 28.6 Å². The van der Waals surface area contributed by atoms with Crippen LogP contribution in [0, 0.1) is 0 Å². The van der Waals surface area contributed by atoms with E-state index in [4.69, 9.17) is 14.6 Å². The maximum atomic E-state index is 12.7. The topological polar surface area (TPSA) is 65.4 Å². The lowest BCUT2D eigenvalue weighted by Gasteiger charge is -2.23. The summed E-state index contributed by atoms with van der Waals surface area (Å²) in [6.07, 6.45) is 0.895. The summed E-state index contributed by atoms with van der Waals surface area (Å²) in [5.41, 5.74) is 1.57. The average Bonchev–Trinajstić information content (AvgIpc) is 3.04. The zero-order valence-electron chi connectivity index (χ0n) is 18.3. The van der Waals surface area contributed by atoms with Gasteiger partial charge in [0.2, 0.25) is 5.91 Å². The van der Waals surface area contributed by atoms with Gasteiger partial charge in [0.25, 0.3) is 0 Å². The highest BCUT2D eigenvalue weighted by Gasteiger charge is 2.25. The van der Waals surface area contributed by atoms with Gasteiger partial charge in [-0.3, -0.25) is 4.79 Å². The average molecular weight is 388 g/mol. The SMILES string of the molecule is COc1ccc(OC)c(CCC(=O)Nc2cc(C(C)(C)C)nn2C(C)(C)C)c1. The number of rotatable bonds is 6. The standard InChI is InChI=1S/C22H33N3O3/c1-21(2,3)18-14-19(25(24-18)22(4,5)6)23-20(26)12-9-15-13-16(27-7)10-11-17(15)28-8/h10-11,13-14H,9,12H2,1-8H3,(H,23,26). The Labute approximate surface area is 168 Å². The van der Waals surface area contributed by atoms with Gasteiger partial charge in [-0.25, -0.2) is 4.68 Å².